The van der Waals surface area contributed by atoms with E-state index in [0.717, 1.165) is 5.69 Å². The van der Waals surface area contributed by atoms with Crippen molar-refractivity contribution in [2.45, 2.75) is 13.8 Å². The van der Waals surface area contributed by atoms with Crippen molar-refractivity contribution in [1.82, 2.24) is 0 Å². The summed E-state index contributed by atoms with van der Waals surface area (Å²) in [7, 11) is 1.81. The Hall–Kier alpha value is -2.02. The van der Waals surface area contributed by atoms with Crippen LogP contribution in [-0.4, -0.2) is 19.6 Å². The summed E-state index contributed by atoms with van der Waals surface area (Å²) in [6, 6.07) is 9.47. The standard InChI is InChI=1S/C13H18N4/c1-10(2)9-16-13(15)17(3)12-7-5-4-6-11(12)8-14/h4-7,10H,9H2,1-3H3,(H2,15,16). The predicted octanol–water partition coefficient (Wildman–Crippen LogP) is 1.97. The zero-order chi connectivity index (χ0) is 12.8. The van der Waals surface area contributed by atoms with Crippen molar-refractivity contribution in [2.75, 3.05) is 18.5 Å². The van der Waals surface area contributed by atoms with E-state index in [1.165, 1.54) is 0 Å². The number of guanidine groups is 1. The van der Waals surface area contributed by atoms with Crippen LogP contribution in [0.5, 0.6) is 0 Å². The highest BCUT2D eigenvalue weighted by molar-refractivity contribution is 5.95. The topological polar surface area (TPSA) is 65.4 Å². The van der Waals surface area contributed by atoms with E-state index in [4.69, 9.17) is 11.0 Å². The molecule has 0 saturated carbocycles. The van der Waals surface area contributed by atoms with Gasteiger partial charge in [-0.2, -0.15) is 5.26 Å². The summed E-state index contributed by atoms with van der Waals surface area (Å²) < 4.78 is 0. The van der Waals surface area contributed by atoms with Gasteiger partial charge in [-0.05, 0) is 18.1 Å². The molecule has 0 aliphatic carbocycles. The van der Waals surface area contributed by atoms with Crippen molar-refractivity contribution in [2.24, 2.45) is 16.6 Å². The maximum Gasteiger partial charge on any atom is 0.195 e. The third-order valence-electron chi connectivity index (χ3n) is 2.35. The maximum absolute atomic E-state index is 9.01. The number of para-hydroxylation sites is 1. The molecule has 0 atom stereocenters. The fourth-order valence-electron chi connectivity index (χ4n) is 1.37. The third kappa shape index (κ3) is 3.49. The molecule has 1 rings (SSSR count). The molecule has 0 aliphatic heterocycles. The lowest BCUT2D eigenvalue weighted by Gasteiger charge is -2.19. The number of nitrogens with zero attached hydrogens (tertiary/aromatic N) is 3. The van der Waals surface area contributed by atoms with Crippen LogP contribution in [0, 0.1) is 17.2 Å². The van der Waals surface area contributed by atoms with Crippen LogP contribution in [0.25, 0.3) is 0 Å². The zero-order valence-corrected chi connectivity index (χ0v) is 10.5. The first-order valence-corrected chi connectivity index (χ1v) is 5.59. The van der Waals surface area contributed by atoms with E-state index in [-0.39, 0.29) is 0 Å². The molecule has 0 spiro atoms. The van der Waals surface area contributed by atoms with E-state index in [1.54, 1.807) is 11.0 Å². The molecule has 0 aromatic heterocycles. The third-order valence-corrected chi connectivity index (χ3v) is 2.35. The molecule has 2 N–H and O–H groups in total. The minimum Gasteiger partial charge on any atom is -0.370 e. The quantitative estimate of drug-likeness (QED) is 0.637. The van der Waals surface area contributed by atoms with Crippen LogP contribution in [0.15, 0.2) is 29.3 Å². The fraction of sp³-hybridized carbons (Fsp3) is 0.385. The maximum atomic E-state index is 9.01. The summed E-state index contributed by atoms with van der Waals surface area (Å²) in [6.07, 6.45) is 0. The van der Waals surface area contributed by atoms with Gasteiger partial charge in [0.25, 0.3) is 0 Å². The fourth-order valence-corrected chi connectivity index (χ4v) is 1.37. The lowest BCUT2D eigenvalue weighted by molar-refractivity contribution is 0.664. The van der Waals surface area contributed by atoms with E-state index in [9.17, 15) is 0 Å². The predicted molar refractivity (Wildman–Crippen MR) is 70.9 cm³/mol. The first-order chi connectivity index (χ1) is 8.06. The number of hydrogen-bond acceptors (Lipinski definition) is 2. The molecule has 4 heteroatoms. The van der Waals surface area contributed by atoms with E-state index >= 15 is 0 Å². The monoisotopic (exact) mass is 230 g/mol. The number of hydrogen-bond donors (Lipinski definition) is 1. The lowest BCUT2D eigenvalue weighted by Crippen LogP contribution is -2.34. The van der Waals surface area contributed by atoms with Crippen LogP contribution >= 0.6 is 0 Å². The minimum absolute atomic E-state index is 0.432. The Morgan fingerprint density at radius 3 is 2.71 bits per heavy atom. The first-order valence-electron chi connectivity index (χ1n) is 5.59. The van der Waals surface area contributed by atoms with Crippen molar-refractivity contribution in [1.29, 1.82) is 5.26 Å². The lowest BCUT2D eigenvalue weighted by atomic mass is 10.2. The van der Waals surface area contributed by atoms with Crippen LogP contribution in [0.1, 0.15) is 19.4 Å². The molecule has 0 aliphatic rings. The summed E-state index contributed by atoms with van der Waals surface area (Å²) in [5.41, 5.74) is 7.26. The molecule has 1 aromatic carbocycles. The highest BCUT2D eigenvalue weighted by atomic mass is 15.2. The van der Waals surface area contributed by atoms with Gasteiger partial charge in [0.05, 0.1) is 11.3 Å². The molecular weight excluding hydrogens is 212 g/mol. The SMILES string of the molecule is CC(C)CN=C(N)N(C)c1ccccc1C#N. The van der Waals surface area contributed by atoms with Crippen LogP contribution in [0.4, 0.5) is 5.69 Å². The Morgan fingerprint density at radius 1 is 1.47 bits per heavy atom. The Bertz CT molecular complexity index is 443. The van der Waals surface area contributed by atoms with Crippen molar-refractivity contribution >= 4 is 11.6 Å². The molecule has 0 saturated heterocycles. The average Bonchev–Trinajstić information content (AvgIpc) is 2.34. The molecule has 17 heavy (non-hydrogen) atoms. The molecular formula is C13H18N4. The van der Waals surface area contributed by atoms with Crippen molar-refractivity contribution < 1.29 is 0 Å². The van der Waals surface area contributed by atoms with Crippen LogP contribution < -0.4 is 10.6 Å². The average molecular weight is 230 g/mol. The molecule has 0 unspecified atom stereocenters. The van der Waals surface area contributed by atoms with Gasteiger partial charge in [0, 0.05) is 13.6 Å². The first kappa shape index (κ1) is 13.0. The number of rotatable bonds is 3. The van der Waals surface area contributed by atoms with Crippen LogP contribution in [0.3, 0.4) is 0 Å². The van der Waals surface area contributed by atoms with E-state index in [0.29, 0.717) is 24.0 Å². The van der Waals surface area contributed by atoms with Gasteiger partial charge in [-0.25, -0.2) is 0 Å². The Labute approximate surface area is 102 Å². The second-order valence-electron chi connectivity index (χ2n) is 4.28. The summed E-state index contributed by atoms with van der Waals surface area (Å²) in [5.74, 6) is 0.898. The normalized spacial score (nSPS) is 11.4. The van der Waals surface area contributed by atoms with Gasteiger partial charge in [-0.15, -0.1) is 0 Å². The summed E-state index contributed by atoms with van der Waals surface area (Å²) in [4.78, 5) is 6.02. The number of benzene rings is 1. The largest absolute Gasteiger partial charge is 0.370 e. The van der Waals surface area contributed by atoms with Crippen molar-refractivity contribution in [3.63, 3.8) is 0 Å². The molecule has 0 heterocycles. The molecule has 0 bridgehead atoms. The smallest absolute Gasteiger partial charge is 0.195 e. The van der Waals surface area contributed by atoms with Gasteiger partial charge in [0.15, 0.2) is 5.96 Å². The van der Waals surface area contributed by atoms with Crippen LogP contribution in [-0.2, 0) is 0 Å². The molecule has 0 radical (unpaired) electrons. The highest BCUT2D eigenvalue weighted by Crippen LogP contribution is 2.17. The van der Waals surface area contributed by atoms with Crippen LogP contribution in [0.2, 0.25) is 0 Å². The van der Waals surface area contributed by atoms with Gasteiger partial charge in [0.2, 0.25) is 0 Å². The molecule has 0 fully saturated rings. The number of anilines is 1. The Morgan fingerprint density at radius 2 is 2.12 bits per heavy atom. The number of nitrogens with two attached hydrogens (primary N) is 1. The van der Waals surface area contributed by atoms with Gasteiger partial charge in [-0.3, -0.25) is 4.99 Å². The van der Waals surface area contributed by atoms with Gasteiger partial charge in [-0.1, -0.05) is 26.0 Å². The van der Waals surface area contributed by atoms with E-state index in [2.05, 4.69) is 24.9 Å². The molecule has 1 aromatic rings. The Kier molecular flexibility index (Phi) is 4.53. The zero-order valence-electron chi connectivity index (χ0n) is 10.5. The van der Waals surface area contributed by atoms with Gasteiger partial charge in [0.1, 0.15) is 6.07 Å². The van der Waals surface area contributed by atoms with Gasteiger partial charge < -0.3 is 10.6 Å². The summed E-state index contributed by atoms with van der Waals surface area (Å²) in [6.45, 7) is 4.85. The second kappa shape index (κ2) is 5.90. The molecule has 4 nitrogen and oxygen atoms in total. The van der Waals surface area contributed by atoms with E-state index in [1.807, 2.05) is 25.2 Å². The van der Waals surface area contributed by atoms with Gasteiger partial charge >= 0.3 is 0 Å². The molecule has 0 amide bonds. The summed E-state index contributed by atoms with van der Waals surface area (Å²) in [5, 5.41) is 9.01. The van der Waals surface area contributed by atoms with Crippen molar-refractivity contribution in [3.05, 3.63) is 29.8 Å². The summed E-state index contributed by atoms with van der Waals surface area (Å²) >= 11 is 0. The molecule has 90 valence electrons. The van der Waals surface area contributed by atoms with E-state index < -0.39 is 0 Å². The Balaban J connectivity index is 2.93. The van der Waals surface area contributed by atoms with Crippen molar-refractivity contribution in [3.8, 4) is 6.07 Å². The number of nitriles is 1. The second-order valence-corrected chi connectivity index (χ2v) is 4.28. The number of aliphatic imine (C=N–C) groups is 1. The highest BCUT2D eigenvalue weighted by Gasteiger charge is 2.09. The minimum atomic E-state index is 0.432.